The summed E-state index contributed by atoms with van der Waals surface area (Å²) in [5.74, 6) is -0.686. The molecular weight excluding hydrogens is 178 g/mol. The predicted molar refractivity (Wildman–Crippen MR) is 42.1 cm³/mol. The maximum Gasteiger partial charge on any atom is 0.409 e. The van der Waals surface area contributed by atoms with E-state index in [2.05, 4.69) is 14.9 Å². The maximum atomic E-state index is 10.8. The van der Waals surface area contributed by atoms with Gasteiger partial charge in [0.1, 0.15) is 0 Å². The predicted octanol–water partition coefficient (Wildman–Crippen LogP) is 0.156. The van der Waals surface area contributed by atoms with Gasteiger partial charge in [-0.2, -0.15) is 9.92 Å². The normalized spacial score (nSPS) is 8.38. The Labute approximate surface area is 73.8 Å². The minimum absolute atomic E-state index is 0.182. The number of primary amides is 1. The third-order valence-corrected chi connectivity index (χ3v) is 0.987. The second kappa shape index (κ2) is 5.67. The average Bonchev–Trinajstić information content (AvgIpc) is 2.04. The molecule has 0 atom stereocenters. The molecule has 0 saturated carbocycles. The second-order valence-electron chi connectivity index (χ2n) is 1.88. The molecular formula is C5H9N5O3. The summed E-state index contributed by atoms with van der Waals surface area (Å²) in [5.41, 5.74) is 12.8. The van der Waals surface area contributed by atoms with E-state index in [9.17, 15) is 9.59 Å². The highest BCUT2D eigenvalue weighted by molar-refractivity contribution is 5.79. The van der Waals surface area contributed by atoms with Crippen molar-refractivity contribution in [2.75, 3.05) is 13.2 Å². The van der Waals surface area contributed by atoms with Crippen LogP contribution in [0.15, 0.2) is 5.22 Å². The van der Waals surface area contributed by atoms with E-state index in [0.717, 1.165) is 0 Å². The van der Waals surface area contributed by atoms with Gasteiger partial charge in [-0.1, -0.05) is 0 Å². The van der Waals surface area contributed by atoms with Gasteiger partial charge in [0.05, 0.1) is 6.61 Å². The number of carbonyl (C=O) groups excluding carboxylic acids is 2. The van der Waals surface area contributed by atoms with Crippen molar-refractivity contribution >= 4 is 12.0 Å². The standard InChI is InChI=1S/C5H9N5O3/c1-2-13-4(11)3-10(5(6)12)9-8-7/h2-3H2,1H3,(H2,6,12). The zero-order valence-electron chi connectivity index (χ0n) is 7.01. The van der Waals surface area contributed by atoms with E-state index in [0.29, 0.717) is 5.01 Å². The van der Waals surface area contributed by atoms with Gasteiger partial charge in [0, 0.05) is 0 Å². The number of ether oxygens (including phenoxy) is 1. The van der Waals surface area contributed by atoms with E-state index in [-0.39, 0.29) is 6.61 Å². The Hall–Kier alpha value is -1.95. The summed E-state index contributed by atoms with van der Waals surface area (Å²) in [4.78, 5) is 23.6. The number of nitrogens with two attached hydrogens (primary N) is 1. The molecule has 0 aliphatic rings. The third kappa shape index (κ3) is 4.49. The molecule has 8 heteroatoms. The van der Waals surface area contributed by atoms with E-state index >= 15 is 0 Å². The summed E-state index contributed by atoms with van der Waals surface area (Å²) in [5, 5.41) is 3.35. The lowest BCUT2D eigenvalue weighted by Crippen LogP contribution is -2.35. The number of rotatable bonds is 4. The van der Waals surface area contributed by atoms with Crippen LogP contribution in [0.2, 0.25) is 0 Å². The minimum Gasteiger partial charge on any atom is -0.463 e. The molecule has 2 N–H and O–H groups in total. The molecule has 0 aromatic heterocycles. The molecule has 0 heterocycles. The lowest BCUT2D eigenvalue weighted by Gasteiger charge is -2.06. The van der Waals surface area contributed by atoms with Crippen molar-refractivity contribution in [1.82, 2.24) is 5.01 Å². The summed E-state index contributed by atoms with van der Waals surface area (Å²) in [6.45, 7) is 1.31. The Balaban J connectivity index is 4.18. The van der Waals surface area contributed by atoms with Gasteiger partial charge in [-0.3, -0.25) is 0 Å². The highest BCUT2D eigenvalue weighted by atomic mass is 16.5. The zero-order chi connectivity index (χ0) is 10.3. The highest BCUT2D eigenvalue weighted by Crippen LogP contribution is 1.91. The van der Waals surface area contributed by atoms with Crippen LogP contribution in [0, 0.1) is 0 Å². The van der Waals surface area contributed by atoms with Crippen molar-refractivity contribution in [3.05, 3.63) is 10.4 Å². The number of azide groups is 1. The molecule has 0 rings (SSSR count). The highest BCUT2D eigenvalue weighted by Gasteiger charge is 2.17. The third-order valence-electron chi connectivity index (χ3n) is 0.987. The fourth-order valence-electron chi connectivity index (χ4n) is 0.531. The van der Waals surface area contributed by atoms with Gasteiger partial charge in [0.2, 0.25) is 0 Å². The molecule has 13 heavy (non-hydrogen) atoms. The van der Waals surface area contributed by atoms with Crippen LogP contribution in [0.4, 0.5) is 4.79 Å². The van der Waals surface area contributed by atoms with E-state index in [1.165, 1.54) is 0 Å². The molecule has 0 fully saturated rings. The van der Waals surface area contributed by atoms with Crippen LogP contribution in [0.25, 0.3) is 10.4 Å². The molecule has 8 nitrogen and oxygen atoms in total. The van der Waals surface area contributed by atoms with Gasteiger partial charge in [-0.05, 0) is 12.1 Å². The van der Waals surface area contributed by atoms with Crippen LogP contribution in [0.5, 0.6) is 0 Å². The number of hydrogen-bond donors (Lipinski definition) is 1. The molecule has 0 aliphatic heterocycles. The largest absolute Gasteiger partial charge is 0.463 e. The van der Waals surface area contributed by atoms with Gasteiger partial charge in [0.15, 0.2) is 6.54 Å². The molecule has 0 bridgehead atoms. The van der Waals surface area contributed by atoms with Crippen LogP contribution in [-0.4, -0.2) is 30.2 Å². The zero-order valence-corrected chi connectivity index (χ0v) is 7.01. The van der Waals surface area contributed by atoms with Gasteiger partial charge < -0.3 is 10.5 Å². The number of nitrogens with zero attached hydrogens (tertiary/aromatic N) is 4. The number of esters is 1. The van der Waals surface area contributed by atoms with Crippen LogP contribution < -0.4 is 5.73 Å². The monoisotopic (exact) mass is 187 g/mol. The first kappa shape index (κ1) is 11.1. The van der Waals surface area contributed by atoms with Crippen molar-refractivity contribution in [2.45, 2.75) is 6.92 Å². The molecule has 0 spiro atoms. The first-order valence-corrected chi connectivity index (χ1v) is 3.39. The number of carbonyl (C=O) groups is 2. The first-order chi connectivity index (χ1) is 6.11. The first-order valence-electron chi connectivity index (χ1n) is 3.39. The molecule has 0 unspecified atom stereocenters. The Kier molecular flexibility index (Phi) is 4.82. The number of urea groups is 1. The van der Waals surface area contributed by atoms with Crippen LogP contribution in [0.1, 0.15) is 6.92 Å². The molecule has 0 saturated heterocycles. The Bertz CT molecular complexity index is 245. The van der Waals surface area contributed by atoms with Gasteiger partial charge >= 0.3 is 12.0 Å². The summed E-state index contributed by atoms with van der Waals surface area (Å²) in [6, 6.07) is -1.01. The average molecular weight is 187 g/mol. The van der Waals surface area contributed by atoms with E-state index in [1.54, 1.807) is 6.92 Å². The van der Waals surface area contributed by atoms with E-state index in [4.69, 9.17) is 11.3 Å². The molecule has 0 aromatic rings. The molecule has 72 valence electrons. The van der Waals surface area contributed by atoms with Crippen LogP contribution in [0.3, 0.4) is 0 Å². The SMILES string of the molecule is CCOC(=O)CN(N=[N+]=[N-])C(N)=O. The smallest absolute Gasteiger partial charge is 0.409 e. The Morgan fingerprint density at radius 2 is 2.31 bits per heavy atom. The maximum absolute atomic E-state index is 10.8. The van der Waals surface area contributed by atoms with E-state index < -0.39 is 18.5 Å². The lowest BCUT2D eigenvalue weighted by molar-refractivity contribution is -0.143. The minimum atomic E-state index is -1.01. The fraction of sp³-hybridized carbons (Fsp3) is 0.600. The van der Waals surface area contributed by atoms with Crippen molar-refractivity contribution in [3.8, 4) is 0 Å². The quantitative estimate of drug-likeness (QED) is 0.221. The molecule has 0 aromatic carbocycles. The summed E-state index contributed by atoms with van der Waals surface area (Å²) >= 11 is 0. The molecule has 2 amide bonds. The van der Waals surface area contributed by atoms with Gasteiger partial charge in [-0.25, -0.2) is 9.59 Å². The fourth-order valence-corrected chi connectivity index (χ4v) is 0.531. The van der Waals surface area contributed by atoms with Crippen LogP contribution >= 0.6 is 0 Å². The molecule has 0 radical (unpaired) electrons. The van der Waals surface area contributed by atoms with Crippen molar-refractivity contribution in [3.63, 3.8) is 0 Å². The molecule has 0 aliphatic carbocycles. The summed E-state index contributed by atoms with van der Waals surface area (Å²) in [6.07, 6.45) is 0. The number of amides is 2. The summed E-state index contributed by atoms with van der Waals surface area (Å²) < 4.78 is 4.50. The van der Waals surface area contributed by atoms with E-state index in [1.807, 2.05) is 0 Å². The van der Waals surface area contributed by atoms with Crippen molar-refractivity contribution in [1.29, 1.82) is 0 Å². The number of hydrogen-bond acceptors (Lipinski definition) is 4. The van der Waals surface area contributed by atoms with Gasteiger partial charge in [-0.15, -0.1) is 5.53 Å². The second-order valence-corrected chi connectivity index (χ2v) is 1.88. The Morgan fingerprint density at radius 3 is 2.69 bits per heavy atom. The van der Waals surface area contributed by atoms with Gasteiger partial charge in [0.25, 0.3) is 0 Å². The van der Waals surface area contributed by atoms with Crippen LogP contribution in [-0.2, 0) is 9.53 Å². The van der Waals surface area contributed by atoms with Crippen molar-refractivity contribution in [2.24, 2.45) is 11.0 Å². The Morgan fingerprint density at radius 1 is 1.69 bits per heavy atom. The van der Waals surface area contributed by atoms with Crippen molar-refractivity contribution < 1.29 is 14.3 Å². The summed E-state index contributed by atoms with van der Waals surface area (Å²) in [7, 11) is 0. The topological polar surface area (TPSA) is 121 Å². The lowest BCUT2D eigenvalue weighted by atomic mass is 10.6.